The highest BCUT2D eigenvalue weighted by molar-refractivity contribution is 7.89. The molecule has 0 unspecified atom stereocenters. The maximum Gasteiger partial charge on any atom is 0.253 e. The fourth-order valence-electron chi connectivity index (χ4n) is 2.98. The van der Waals surface area contributed by atoms with Crippen LogP contribution in [0.25, 0.3) is 0 Å². The molecule has 1 N–H and O–H groups in total. The summed E-state index contributed by atoms with van der Waals surface area (Å²) in [5.74, 6) is 0.579. The molecule has 0 bridgehead atoms. The third-order valence-corrected chi connectivity index (χ3v) is 5.87. The second-order valence-corrected chi connectivity index (χ2v) is 7.93. The Morgan fingerprint density at radius 2 is 1.73 bits per heavy atom. The number of carbonyl (C=O) groups is 1. The van der Waals surface area contributed by atoms with Crippen LogP contribution in [0.2, 0.25) is 0 Å². The fourth-order valence-corrected chi connectivity index (χ4v) is 3.99. The van der Waals surface area contributed by atoms with Gasteiger partial charge in [-0.25, -0.2) is 13.1 Å². The SMILES string of the molecule is COc1ccccc1CNS(=O)(=O)c1ccc(C(=O)N2CCCC2)cc1. The van der Waals surface area contributed by atoms with Crippen LogP contribution >= 0.6 is 0 Å². The molecule has 1 amide bonds. The van der Waals surface area contributed by atoms with Crippen molar-refractivity contribution in [3.63, 3.8) is 0 Å². The summed E-state index contributed by atoms with van der Waals surface area (Å²) in [6.45, 7) is 1.65. The number of nitrogens with one attached hydrogen (secondary N) is 1. The lowest BCUT2D eigenvalue weighted by Crippen LogP contribution is -2.27. The highest BCUT2D eigenvalue weighted by atomic mass is 32.2. The van der Waals surface area contributed by atoms with Gasteiger partial charge in [0.2, 0.25) is 10.0 Å². The summed E-state index contributed by atoms with van der Waals surface area (Å²) < 4.78 is 32.8. The van der Waals surface area contributed by atoms with Crippen molar-refractivity contribution in [3.8, 4) is 5.75 Å². The zero-order valence-electron chi connectivity index (χ0n) is 14.6. The second kappa shape index (κ2) is 7.88. The summed E-state index contributed by atoms with van der Waals surface area (Å²) in [4.78, 5) is 14.3. The number of sulfonamides is 1. The van der Waals surface area contributed by atoms with E-state index in [2.05, 4.69) is 4.72 Å². The predicted octanol–water partition coefficient (Wildman–Crippen LogP) is 2.41. The van der Waals surface area contributed by atoms with Crippen LogP contribution in [0.5, 0.6) is 5.75 Å². The third kappa shape index (κ3) is 4.05. The van der Waals surface area contributed by atoms with Gasteiger partial charge in [-0.05, 0) is 43.2 Å². The zero-order chi connectivity index (χ0) is 18.6. The van der Waals surface area contributed by atoms with Gasteiger partial charge in [0.05, 0.1) is 12.0 Å². The Balaban J connectivity index is 1.70. The summed E-state index contributed by atoms with van der Waals surface area (Å²) in [6.07, 6.45) is 2.04. The summed E-state index contributed by atoms with van der Waals surface area (Å²) in [5, 5.41) is 0. The number of rotatable bonds is 6. The smallest absolute Gasteiger partial charge is 0.253 e. The van der Waals surface area contributed by atoms with Crippen LogP contribution in [-0.2, 0) is 16.6 Å². The summed E-state index contributed by atoms with van der Waals surface area (Å²) in [7, 11) is -2.13. The Morgan fingerprint density at radius 3 is 2.38 bits per heavy atom. The molecule has 0 atom stereocenters. The number of methoxy groups -OCH3 is 1. The molecule has 0 spiro atoms. The molecule has 0 radical (unpaired) electrons. The molecule has 0 aliphatic carbocycles. The Bertz CT molecular complexity index is 873. The normalized spacial score (nSPS) is 14.4. The van der Waals surface area contributed by atoms with Gasteiger partial charge in [0, 0.05) is 30.8 Å². The average Bonchev–Trinajstić information content (AvgIpc) is 3.21. The molecule has 7 heteroatoms. The molecule has 3 rings (SSSR count). The van der Waals surface area contributed by atoms with Crippen molar-refractivity contribution >= 4 is 15.9 Å². The number of hydrogen-bond donors (Lipinski definition) is 1. The molecule has 2 aromatic rings. The Morgan fingerprint density at radius 1 is 1.08 bits per heavy atom. The van der Waals surface area contributed by atoms with Gasteiger partial charge in [0.25, 0.3) is 5.91 Å². The van der Waals surface area contributed by atoms with Gasteiger partial charge in [0.15, 0.2) is 0 Å². The average molecular weight is 374 g/mol. The van der Waals surface area contributed by atoms with Crippen molar-refractivity contribution in [2.45, 2.75) is 24.3 Å². The van der Waals surface area contributed by atoms with Crippen LogP contribution in [0.1, 0.15) is 28.8 Å². The number of amides is 1. The number of likely N-dealkylation sites (tertiary alicyclic amines) is 1. The molecule has 1 saturated heterocycles. The van der Waals surface area contributed by atoms with Gasteiger partial charge in [-0.1, -0.05) is 18.2 Å². The monoisotopic (exact) mass is 374 g/mol. The van der Waals surface area contributed by atoms with Crippen molar-refractivity contribution in [2.24, 2.45) is 0 Å². The van der Waals surface area contributed by atoms with Crippen LogP contribution in [0.4, 0.5) is 0 Å². The second-order valence-electron chi connectivity index (χ2n) is 6.16. The van der Waals surface area contributed by atoms with Crippen molar-refractivity contribution in [1.82, 2.24) is 9.62 Å². The van der Waals surface area contributed by atoms with Crippen molar-refractivity contribution < 1.29 is 17.9 Å². The quantitative estimate of drug-likeness (QED) is 0.842. The van der Waals surface area contributed by atoms with Crippen molar-refractivity contribution in [3.05, 3.63) is 59.7 Å². The Kier molecular flexibility index (Phi) is 5.58. The molecule has 1 aliphatic heterocycles. The Labute approximate surface area is 153 Å². The van der Waals surface area contributed by atoms with Crippen LogP contribution in [0, 0.1) is 0 Å². The van der Waals surface area contributed by atoms with Crippen LogP contribution in [0.3, 0.4) is 0 Å². The molecule has 6 nitrogen and oxygen atoms in total. The summed E-state index contributed by atoms with van der Waals surface area (Å²) in [5.41, 5.74) is 1.26. The van der Waals surface area contributed by atoms with E-state index in [1.165, 1.54) is 12.1 Å². The molecule has 26 heavy (non-hydrogen) atoms. The molecule has 1 fully saturated rings. The molecular formula is C19H22N2O4S. The largest absolute Gasteiger partial charge is 0.496 e. The highest BCUT2D eigenvalue weighted by Gasteiger charge is 2.20. The van der Waals surface area contributed by atoms with Gasteiger partial charge in [-0.15, -0.1) is 0 Å². The van der Waals surface area contributed by atoms with E-state index < -0.39 is 10.0 Å². The molecule has 1 aliphatic rings. The summed E-state index contributed by atoms with van der Waals surface area (Å²) in [6, 6.07) is 13.3. The molecule has 138 valence electrons. The van der Waals surface area contributed by atoms with E-state index >= 15 is 0 Å². The van der Waals surface area contributed by atoms with E-state index in [4.69, 9.17) is 4.74 Å². The lowest BCUT2D eigenvalue weighted by molar-refractivity contribution is 0.0792. The van der Waals surface area contributed by atoms with E-state index in [0.29, 0.717) is 11.3 Å². The van der Waals surface area contributed by atoms with Crippen LogP contribution in [0.15, 0.2) is 53.4 Å². The highest BCUT2D eigenvalue weighted by Crippen LogP contribution is 2.19. The lowest BCUT2D eigenvalue weighted by atomic mass is 10.2. The zero-order valence-corrected chi connectivity index (χ0v) is 15.5. The minimum Gasteiger partial charge on any atom is -0.496 e. The maximum atomic E-state index is 12.5. The fraction of sp³-hybridized carbons (Fsp3) is 0.316. The standard InChI is InChI=1S/C19H22N2O4S/c1-25-18-7-3-2-6-16(18)14-20-26(23,24)17-10-8-15(9-11-17)19(22)21-12-4-5-13-21/h2-3,6-11,20H,4-5,12-14H2,1H3. The first-order valence-corrected chi connectivity index (χ1v) is 10.0. The number of carbonyl (C=O) groups excluding carboxylic acids is 1. The maximum absolute atomic E-state index is 12.5. The first-order chi connectivity index (χ1) is 12.5. The van der Waals surface area contributed by atoms with Crippen molar-refractivity contribution in [2.75, 3.05) is 20.2 Å². The van der Waals surface area contributed by atoms with Crippen LogP contribution < -0.4 is 9.46 Å². The summed E-state index contributed by atoms with van der Waals surface area (Å²) >= 11 is 0. The van der Waals surface area contributed by atoms with E-state index in [0.717, 1.165) is 31.5 Å². The number of nitrogens with zero attached hydrogens (tertiary/aromatic N) is 1. The number of para-hydroxylation sites is 1. The molecule has 0 aromatic heterocycles. The topological polar surface area (TPSA) is 75.7 Å². The van der Waals surface area contributed by atoms with Gasteiger partial charge in [-0.2, -0.15) is 0 Å². The molecule has 1 heterocycles. The number of hydrogen-bond acceptors (Lipinski definition) is 4. The van der Waals surface area contributed by atoms with E-state index in [1.54, 1.807) is 36.3 Å². The van der Waals surface area contributed by atoms with Gasteiger partial charge in [-0.3, -0.25) is 4.79 Å². The molecule has 0 saturated carbocycles. The van der Waals surface area contributed by atoms with Crippen LogP contribution in [-0.4, -0.2) is 39.4 Å². The predicted molar refractivity (Wildman–Crippen MR) is 98.6 cm³/mol. The molecule has 2 aromatic carbocycles. The number of ether oxygens (including phenoxy) is 1. The minimum atomic E-state index is -3.68. The van der Waals surface area contributed by atoms with E-state index in [9.17, 15) is 13.2 Å². The first kappa shape index (κ1) is 18.4. The van der Waals surface area contributed by atoms with Gasteiger partial charge < -0.3 is 9.64 Å². The first-order valence-electron chi connectivity index (χ1n) is 8.52. The minimum absolute atomic E-state index is 0.0478. The Hall–Kier alpha value is -2.38. The van der Waals surface area contributed by atoms with E-state index in [-0.39, 0.29) is 17.3 Å². The third-order valence-electron chi connectivity index (χ3n) is 4.45. The molecular weight excluding hydrogens is 352 g/mol. The number of benzene rings is 2. The van der Waals surface area contributed by atoms with Crippen molar-refractivity contribution in [1.29, 1.82) is 0 Å². The van der Waals surface area contributed by atoms with E-state index in [1.807, 2.05) is 12.1 Å². The van der Waals surface area contributed by atoms with Gasteiger partial charge >= 0.3 is 0 Å². The lowest BCUT2D eigenvalue weighted by Gasteiger charge is -2.15. The van der Waals surface area contributed by atoms with Gasteiger partial charge in [0.1, 0.15) is 5.75 Å².